The number of aryl methyl sites for hydroxylation is 1. The Labute approximate surface area is 243 Å². The predicted octanol–water partition coefficient (Wildman–Crippen LogP) is 4.31. The van der Waals surface area contributed by atoms with Crippen LogP contribution >= 0.6 is 0 Å². The fourth-order valence-corrected chi connectivity index (χ4v) is 5.92. The number of carbonyl (C=O) groups is 1. The molecule has 1 fully saturated rings. The molecular weight excluding hydrogens is 533 g/mol. The molecule has 4 aromatic heterocycles. The number of aromatic nitrogens is 5. The third kappa shape index (κ3) is 4.89. The number of hydrogen-bond donors (Lipinski definition) is 1. The summed E-state index contributed by atoms with van der Waals surface area (Å²) in [5.41, 5.74) is 11.5. The topological polar surface area (TPSA) is 104 Å². The Morgan fingerprint density at radius 3 is 2.81 bits per heavy atom. The van der Waals surface area contributed by atoms with Crippen LogP contribution < -0.4 is 10.5 Å². The molecule has 1 amide bonds. The number of nitrogens with zero attached hydrogens (tertiary/aromatic N) is 6. The van der Waals surface area contributed by atoms with Crippen LogP contribution in [0.4, 0.5) is 4.39 Å². The van der Waals surface area contributed by atoms with Crippen LogP contribution in [-0.4, -0.2) is 67.3 Å². The number of ether oxygens (including phenoxy) is 1. The minimum absolute atomic E-state index is 0.169. The van der Waals surface area contributed by atoms with E-state index in [-0.39, 0.29) is 12.5 Å². The van der Waals surface area contributed by atoms with E-state index in [0.717, 1.165) is 58.2 Å². The van der Waals surface area contributed by atoms with Gasteiger partial charge in [-0.2, -0.15) is 0 Å². The van der Waals surface area contributed by atoms with Gasteiger partial charge in [-0.1, -0.05) is 18.2 Å². The number of hydrogen-bond acceptors (Lipinski definition) is 6. The van der Waals surface area contributed by atoms with E-state index in [0.29, 0.717) is 36.6 Å². The summed E-state index contributed by atoms with van der Waals surface area (Å²) in [6, 6.07) is 15.4. The lowest BCUT2D eigenvalue weighted by molar-refractivity contribution is 0.0723. The van der Waals surface area contributed by atoms with Gasteiger partial charge in [0, 0.05) is 56.8 Å². The zero-order valence-electron chi connectivity index (χ0n) is 23.7. The molecule has 7 rings (SSSR count). The second-order valence-electron chi connectivity index (χ2n) is 11.4. The molecule has 2 N–H and O–H groups in total. The standard InChI is InChI=1S/C32H34FN7O2/c1-38-30-26(16-24-25(36-30)10-13-39(32(24)41)19-22(34)17-33)37-31(38)27-15-21-5-4-7-28(29(21)40(27)18-20-8-9-20)42-14-11-23-6-2-3-12-35-23/h2-7,12,15-16,20,22H,8-11,13-14,17-19,34H2,1H3/t22-/m1/s1. The lowest BCUT2D eigenvalue weighted by Crippen LogP contribution is -2.45. The first-order valence-corrected chi connectivity index (χ1v) is 14.6. The summed E-state index contributed by atoms with van der Waals surface area (Å²) in [4.78, 5) is 29.2. The molecule has 0 spiro atoms. The van der Waals surface area contributed by atoms with Crippen molar-refractivity contribution in [3.8, 4) is 17.3 Å². The average Bonchev–Trinajstić information content (AvgIpc) is 3.68. The first-order valence-electron chi connectivity index (χ1n) is 14.6. The number of fused-ring (bicyclic) bond motifs is 3. The second kappa shape index (κ2) is 10.8. The maximum Gasteiger partial charge on any atom is 0.255 e. The normalized spacial score (nSPS) is 15.9. The maximum absolute atomic E-state index is 13.2. The van der Waals surface area contributed by atoms with Gasteiger partial charge in [-0.05, 0) is 49.1 Å². The van der Waals surface area contributed by atoms with Gasteiger partial charge in [-0.15, -0.1) is 0 Å². The molecule has 1 saturated carbocycles. The number of carbonyl (C=O) groups excluding carboxylic acids is 1. The zero-order chi connectivity index (χ0) is 28.8. The van der Waals surface area contributed by atoms with Crippen LogP contribution in [0.3, 0.4) is 0 Å². The predicted molar refractivity (Wildman–Crippen MR) is 159 cm³/mol. The van der Waals surface area contributed by atoms with Crippen molar-refractivity contribution < 1.29 is 13.9 Å². The van der Waals surface area contributed by atoms with Gasteiger partial charge < -0.3 is 24.5 Å². The van der Waals surface area contributed by atoms with Gasteiger partial charge in [-0.3, -0.25) is 9.78 Å². The van der Waals surface area contributed by atoms with Crippen LogP contribution in [0.15, 0.2) is 54.7 Å². The largest absolute Gasteiger partial charge is 0.491 e. The maximum atomic E-state index is 13.2. The molecule has 0 bridgehead atoms. The summed E-state index contributed by atoms with van der Waals surface area (Å²) in [5.74, 6) is 2.09. The van der Waals surface area contributed by atoms with Crippen molar-refractivity contribution >= 4 is 28.0 Å². The van der Waals surface area contributed by atoms with E-state index < -0.39 is 12.7 Å². The first-order chi connectivity index (χ1) is 20.5. The van der Waals surface area contributed by atoms with Gasteiger partial charge in [0.2, 0.25) is 0 Å². The number of para-hydroxylation sites is 1. The number of alkyl halides is 1. The molecule has 42 heavy (non-hydrogen) atoms. The van der Waals surface area contributed by atoms with Gasteiger partial charge in [0.1, 0.15) is 17.9 Å². The van der Waals surface area contributed by atoms with Crippen molar-refractivity contribution in [3.05, 3.63) is 71.7 Å². The van der Waals surface area contributed by atoms with Gasteiger partial charge in [0.25, 0.3) is 5.91 Å². The van der Waals surface area contributed by atoms with Crippen molar-refractivity contribution in [2.45, 2.75) is 38.3 Å². The molecule has 1 aliphatic carbocycles. The van der Waals surface area contributed by atoms with Crippen LogP contribution in [-0.2, 0) is 26.4 Å². The minimum Gasteiger partial charge on any atom is -0.491 e. The third-order valence-corrected chi connectivity index (χ3v) is 8.30. The summed E-state index contributed by atoms with van der Waals surface area (Å²) in [7, 11) is 1.98. The van der Waals surface area contributed by atoms with Gasteiger partial charge in [-0.25, -0.2) is 14.4 Å². The summed E-state index contributed by atoms with van der Waals surface area (Å²) >= 11 is 0. The van der Waals surface area contributed by atoms with Crippen molar-refractivity contribution in [2.24, 2.45) is 18.7 Å². The van der Waals surface area contributed by atoms with Gasteiger partial charge >= 0.3 is 0 Å². The van der Waals surface area contributed by atoms with Gasteiger partial charge in [0.05, 0.1) is 35.1 Å². The molecule has 2 aliphatic rings. The molecule has 0 unspecified atom stereocenters. The molecular formula is C32H34FN7O2. The first kappa shape index (κ1) is 26.6. The quantitative estimate of drug-likeness (QED) is 0.270. The van der Waals surface area contributed by atoms with Crippen molar-refractivity contribution in [3.63, 3.8) is 0 Å². The highest BCUT2D eigenvalue weighted by Gasteiger charge is 2.30. The Bertz CT molecular complexity index is 1780. The Kier molecular flexibility index (Phi) is 6.85. The number of amides is 1. The third-order valence-electron chi connectivity index (χ3n) is 8.30. The summed E-state index contributed by atoms with van der Waals surface area (Å²) in [6.07, 6.45) is 5.55. The number of imidazole rings is 1. The summed E-state index contributed by atoms with van der Waals surface area (Å²) in [5, 5.41) is 1.09. The highest BCUT2D eigenvalue weighted by molar-refractivity contribution is 5.99. The minimum atomic E-state index is -0.689. The average molecular weight is 568 g/mol. The van der Waals surface area contributed by atoms with E-state index in [1.165, 1.54) is 12.8 Å². The fourth-order valence-electron chi connectivity index (χ4n) is 5.92. The van der Waals surface area contributed by atoms with E-state index >= 15 is 0 Å². The van der Waals surface area contributed by atoms with Crippen LogP contribution in [0.2, 0.25) is 0 Å². The molecule has 1 atom stereocenters. The number of pyridine rings is 2. The number of rotatable bonds is 10. The highest BCUT2D eigenvalue weighted by atomic mass is 19.1. The zero-order valence-corrected chi connectivity index (χ0v) is 23.7. The van der Waals surface area contributed by atoms with E-state index in [2.05, 4.69) is 21.7 Å². The molecule has 9 nitrogen and oxygen atoms in total. The van der Waals surface area contributed by atoms with E-state index in [1.54, 1.807) is 11.1 Å². The molecule has 5 aromatic rings. The van der Waals surface area contributed by atoms with Crippen LogP contribution in [0.1, 0.15) is 34.6 Å². The molecule has 216 valence electrons. The molecule has 5 heterocycles. The van der Waals surface area contributed by atoms with Crippen LogP contribution in [0.5, 0.6) is 5.75 Å². The smallest absolute Gasteiger partial charge is 0.255 e. The van der Waals surface area contributed by atoms with Crippen molar-refractivity contribution in [2.75, 3.05) is 26.4 Å². The Morgan fingerprint density at radius 1 is 1.14 bits per heavy atom. The Hall–Kier alpha value is -4.31. The van der Waals surface area contributed by atoms with Crippen molar-refractivity contribution in [1.82, 2.24) is 29.0 Å². The van der Waals surface area contributed by atoms with Gasteiger partial charge in [0.15, 0.2) is 11.5 Å². The number of halogens is 1. The Balaban J connectivity index is 1.26. The fraction of sp³-hybridized carbons (Fsp3) is 0.375. The molecule has 0 saturated heterocycles. The number of benzene rings is 1. The van der Waals surface area contributed by atoms with Crippen LogP contribution in [0, 0.1) is 5.92 Å². The second-order valence-corrected chi connectivity index (χ2v) is 11.4. The molecule has 1 aliphatic heterocycles. The molecule has 0 radical (unpaired) electrons. The van der Waals surface area contributed by atoms with Crippen molar-refractivity contribution in [1.29, 1.82) is 0 Å². The lowest BCUT2D eigenvalue weighted by atomic mass is 10.0. The SMILES string of the molecule is Cn1c(-c2cc3cccc(OCCc4ccccn4)c3n2CC2CC2)nc2cc3c(nc21)CCN(C[C@H](N)CF)C3=O. The lowest BCUT2D eigenvalue weighted by Gasteiger charge is -2.29. The van der Waals surface area contributed by atoms with Crippen LogP contribution in [0.25, 0.3) is 33.6 Å². The monoisotopic (exact) mass is 567 g/mol. The number of nitrogens with two attached hydrogens (primary N) is 1. The molecule has 1 aromatic carbocycles. The van der Waals surface area contributed by atoms with E-state index in [1.807, 2.05) is 48.0 Å². The van der Waals surface area contributed by atoms with E-state index in [4.69, 9.17) is 20.4 Å². The molecule has 10 heteroatoms. The summed E-state index contributed by atoms with van der Waals surface area (Å²) in [6.45, 7) is 1.41. The Morgan fingerprint density at radius 2 is 2.02 bits per heavy atom. The highest BCUT2D eigenvalue weighted by Crippen LogP contribution is 2.39. The summed E-state index contributed by atoms with van der Waals surface area (Å²) < 4.78 is 23.7. The van der Waals surface area contributed by atoms with E-state index in [9.17, 15) is 9.18 Å².